The van der Waals surface area contributed by atoms with Crippen molar-refractivity contribution in [2.45, 2.75) is 36.2 Å². The minimum Gasteiger partial charge on any atom is -0.323 e. The molecule has 0 aliphatic carbocycles. The zero-order valence-electron chi connectivity index (χ0n) is 12.1. The molecule has 116 valence electrons. The second-order valence-electron chi connectivity index (χ2n) is 5.72. The van der Waals surface area contributed by atoms with Crippen LogP contribution in [0.5, 0.6) is 0 Å². The average Bonchev–Trinajstić information content (AvgIpc) is 2.71. The fraction of sp³-hybridized carbons (Fsp3) is 0.615. The number of nitrogen functional groups attached to an aromatic ring is 1. The minimum absolute atomic E-state index is 0.146. The van der Waals surface area contributed by atoms with Gasteiger partial charge >= 0.3 is 0 Å². The lowest BCUT2D eigenvalue weighted by Gasteiger charge is -2.25. The predicted molar refractivity (Wildman–Crippen MR) is 80.0 cm³/mol. The second kappa shape index (κ2) is 5.53. The number of aromatic nitrogens is 1. The molecule has 1 aromatic heterocycles. The van der Waals surface area contributed by atoms with E-state index in [1.807, 2.05) is 0 Å². The molecule has 3 N–H and O–H groups in total. The molecule has 0 amide bonds. The highest BCUT2D eigenvalue weighted by atomic mass is 32.2. The van der Waals surface area contributed by atoms with Gasteiger partial charge in [0.25, 0.3) is 0 Å². The quantitative estimate of drug-likeness (QED) is 0.613. The Morgan fingerprint density at radius 2 is 2.10 bits per heavy atom. The van der Waals surface area contributed by atoms with Crippen molar-refractivity contribution in [3.8, 4) is 0 Å². The van der Waals surface area contributed by atoms with Gasteiger partial charge in [-0.2, -0.15) is 4.31 Å². The summed E-state index contributed by atoms with van der Waals surface area (Å²) in [6, 6.07) is 2.37. The number of sulfonamides is 1. The number of fused-ring (bicyclic) bond motifs is 2. The third kappa shape index (κ3) is 2.52. The summed E-state index contributed by atoms with van der Waals surface area (Å²) in [6.07, 6.45) is 5.97. The maximum absolute atomic E-state index is 12.9. The maximum Gasteiger partial charge on any atom is 0.246 e. The fourth-order valence-corrected chi connectivity index (χ4v) is 4.93. The van der Waals surface area contributed by atoms with E-state index >= 15 is 0 Å². The Balaban J connectivity index is 1.92. The normalized spacial score (nSPS) is 27.5. The van der Waals surface area contributed by atoms with Crippen LogP contribution in [-0.4, -0.2) is 54.8 Å². The predicted octanol–water partition coefficient (Wildman–Crippen LogP) is 0.224. The summed E-state index contributed by atoms with van der Waals surface area (Å²) in [5.41, 5.74) is 2.83. The van der Waals surface area contributed by atoms with E-state index in [1.165, 1.54) is 12.4 Å². The van der Waals surface area contributed by atoms with Crippen LogP contribution >= 0.6 is 0 Å². The van der Waals surface area contributed by atoms with Crippen LogP contribution in [0.3, 0.4) is 0 Å². The van der Waals surface area contributed by atoms with Gasteiger partial charge in [0.15, 0.2) is 0 Å². The van der Waals surface area contributed by atoms with E-state index in [1.54, 1.807) is 10.4 Å². The first-order valence-corrected chi connectivity index (χ1v) is 8.60. The molecule has 3 heterocycles. The standard InChI is InChI=1S/C13H21N5O2S/c1-17-10-2-3-11(17)9-18(7-5-10)21(19,20)13-8-15-6-4-12(13)16-14/h4,6,8,10-11H,2-3,5,7,9,14H2,1H3,(H,15,16). The monoisotopic (exact) mass is 311 g/mol. The van der Waals surface area contributed by atoms with Gasteiger partial charge in [0, 0.05) is 37.6 Å². The number of nitrogens with zero attached hydrogens (tertiary/aromatic N) is 3. The van der Waals surface area contributed by atoms with Crippen molar-refractivity contribution >= 4 is 15.7 Å². The maximum atomic E-state index is 12.9. The summed E-state index contributed by atoms with van der Waals surface area (Å²) in [6.45, 7) is 1.08. The van der Waals surface area contributed by atoms with E-state index in [0.717, 1.165) is 19.3 Å². The fourth-order valence-electron chi connectivity index (χ4n) is 3.34. The molecule has 7 nitrogen and oxygen atoms in total. The van der Waals surface area contributed by atoms with E-state index in [2.05, 4.69) is 22.4 Å². The SMILES string of the molecule is CN1C2CCC1CN(S(=O)(=O)c1cnccc1NN)CC2. The zero-order chi connectivity index (χ0) is 15.0. The van der Waals surface area contributed by atoms with Crippen LogP contribution in [0.15, 0.2) is 23.4 Å². The molecule has 2 unspecified atom stereocenters. The van der Waals surface area contributed by atoms with Gasteiger partial charge in [-0.15, -0.1) is 0 Å². The van der Waals surface area contributed by atoms with E-state index in [0.29, 0.717) is 30.9 Å². The first kappa shape index (κ1) is 14.7. The van der Waals surface area contributed by atoms with Gasteiger partial charge in [-0.3, -0.25) is 15.7 Å². The number of pyridine rings is 1. The lowest BCUT2D eigenvalue weighted by atomic mass is 10.1. The molecule has 0 saturated carbocycles. The van der Waals surface area contributed by atoms with E-state index < -0.39 is 10.0 Å². The molecule has 2 saturated heterocycles. The molecule has 2 aliphatic rings. The van der Waals surface area contributed by atoms with Gasteiger partial charge in [0.1, 0.15) is 4.90 Å². The minimum atomic E-state index is -3.57. The summed E-state index contributed by atoms with van der Waals surface area (Å²) in [5.74, 6) is 5.42. The van der Waals surface area contributed by atoms with E-state index in [9.17, 15) is 8.42 Å². The summed E-state index contributed by atoms with van der Waals surface area (Å²) >= 11 is 0. The van der Waals surface area contributed by atoms with Gasteiger partial charge in [-0.05, 0) is 32.4 Å². The van der Waals surface area contributed by atoms with Gasteiger partial charge in [-0.25, -0.2) is 8.42 Å². The number of likely N-dealkylation sites (N-methyl/N-ethyl adjacent to an activating group) is 1. The molecule has 0 spiro atoms. The smallest absolute Gasteiger partial charge is 0.246 e. The third-order valence-corrected chi connectivity index (χ3v) is 6.56. The van der Waals surface area contributed by atoms with Gasteiger partial charge in [-0.1, -0.05) is 0 Å². The molecule has 8 heteroatoms. The number of anilines is 1. The Hall–Kier alpha value is -1.22. The molecule has 21 heavy (non-hydrogen) atoms. The van der Waals surface area contributed by atoms with Crippen LogP contribution in [0, 0.1) is 0 Å². The second-order valence-corrected chi connectivity index (χ2v) is 7.62. The topological polar surface area (TPSA) is 91.6 Å². The van der Waals surface area contributed by atoms with Crippen LogP contribution in [0.1, 0.15) is 19.3 Å². The van der Waals surface area contributed by atoms with Crippen molar-refractivity contribution in [2.24, 2.45) is 5.84 Å². The molecular formula is C13H21N5O2S. The largest absolute Gasteiger partial charge is 0.323 e. The Labute approximate surface area is 125 Å². The molecule has 2 bridgehead atoms. The summed E-state index contributed by atoms with van der Waals surface area (Å²) < 4.78 is 27.3. The van der Waals surface area contributed by atoms with Crippen LogP contribution in [-0.2, 0) is 10.0 Å². The highest BCUT2D eigenvalue weighted by molar-refractivity contribution is 7.89. The highest BCUT2D eigenvalue weighted by Crippen LogP contribution is 2.32. The Morgan fingerprint density at radius 1 is 1.33 bits per heavy atom. The summed E-state index contributed by atoms with van der Waals surface area (Å²) in [4.78, 5) is 6.40. The highest BCUT2D eigenvalue weighted by Gasteiger charge is 2.39. The molecule has 0 radical (unpaired) electrons. The zero-order valence-corrected chi connectivity index (χ0v) is 12.9. The first-order valence-electron chi connectivity index (χ1n) is 7.16. The number of hydrogen-bond acceptors (Lipinski definition) is 6. The number of rotatable bonds is 3. The number of hydrogen-bond donors (Lipinski definition) is 2. The van der Waals surface area contributed by atoms with Crippen molar-refractivity contribution in [3.63, 3.8) is 0 Å². The van der Waals surface area contributed by atoms with Gasteiger partial charge in [0.05, 0.1) is 5.69 Å². The Bertz CT molecular complexity index is 621. The van der Waals surface area contributed by atoms with Crippen LogP contribution in [0.25, 0.3) is 0 Å². The van der Waals surface area contributed by atoms with Crippen molar-refractivity contribution in [2.75, 3.05) is 25.6 Å². The first-order chi connectivity index (χ1) is 10.0. The molecule has 3 rings (SSSR count). The molecule has 2 atom stereocenters. The lowest BCUT2D eigenvalue weighted by Crippen LogP contribution is -2.40. The van der Waals surface area contributed by atoms with Crippen molar-refractivity contribution in [1.29, 1.82) is 0 Å². The number of hydrazine groups is 1. The molecule has 0 aromatic carbocycles. The molecule has 2 aliphatic heterocycles. The van der Waals surface area contributed by atoms with Crippen LogP contribution in [0.4, 0.5) is 5.69 Å². The molecular weight excluding hydrogens is 290 g/mol. The Kier molecular flexibility index (Phi) is 3.87. The third-order valence-electron chi connectivity index (χ3n) is 4.67. The number of nitrogens with two attached hydrogens (primary N) is 1. The lowest BCUT2D eigenvalue weighted by molar-refractivity contribution is 0.246. The molecule has 1 aromatic rings. The average molecular weight is 311 g/mol. The van der Waals surface area contributed by atoms with E-state index in [-0.39, 0.29) is 4.90 Å². The Morgan fingerprint density at radius 3 is 2.86 bits per heavy atom. The summed E-state index contributed by atoms with van der Waals surface area (Å²) in [7, 11) is -1.48. The van der Waals surface area contributed by atoms with Gasteiger partial charge < -0.3 is 5.43 Å². The van der Waals surface area contributed by atoms with Gasteiger partial charge in [0.2, 0.25) is 10.0 Å². The summed E-state index contributed by atoms with van der Waals surface area (Å²) in [5, 5.41) is 0. The van der Waals surface area contributed by atoms with E-state index in [4.69, 9.17) is 5.84 Å². The van der Waals surface area contributed by atoms with Crippen LogP contribution in [0.2, 0.25) is 0 Å². The van der Waals surface area contributed by atoms with Crippen LogP contribution < -0.4 is 11.3 Å². The number of nitrogens with one attached hydrogen (secondary N) is 1. The van der Waals surface area contributed by atoms with Crippen molar-refractivity contribution in [1.82, 2.24) is 14.2 Å². The molecule has 2 fully saturated rings. The van der Waals surface area contributed by atoms with Crippen molar-refractivity contribution < 1.29 is 8.42 Å². The van der Waals surface area contributed by atoms with Crippen molar-refractivity contribution in [3.05, 3.63) is 18.5 Å².